The fraction of sp³-hybridized carbons (Fsp3) is 0.222. The van der Waals surface area contributed by atoms with Crippen molar-refractivity contribution >= 4 is 11.8 Å². The van der Waals surface area contributed by atoms with Crippen LogP contribution in [0.15, 0.2) is 30.3 Å². The third-order valence-electron chi connectivity index (χ3n) is 3.57. The molecule has 0 saturated carbocycles. The van der Waals surface area contributed by atoms with Crippen LogP contribution in [0, 0.1) is 11.3 Å². The van der Waals surface area contributed by atoms with Gasteiger partial charge in [-0.25, -0.2) is 4.98 Å². The monoisotopic (exact) mass is 394 g/mol. The minimum Gasteiger partial charge on any atom is -0.504 e. The van der Waals surface area contributed by atoms with Gasteiger partial charge in [0.15, 0.2) is 11.5 Å². The van der Waals surface area contributed by atoms with E-state index in [0.29, 0.717) is 0 Å². The summed E-state index contributed by atoms with van der Waals surface area (Å²) in [5.74, 6) is -3.22. The number of benzene rings is 1. The van der Waals surface area contributed by atoms with Crippen molar-refractivity contribution < 1.29 is 37.7 Å². The van der Waals surface area contributed by atoms with E-state index in [9.17, 15) is 27.9 Å². The van der Waals surface area contributed by atoms with E-state index in [1.807, 2.05) is 0 Å². The van der Waals surface area contributed by atoms with Crippen LogP contribution in [0.25, 0.3) is 0 Å². The number of halogens is 3. The summed E-state index contributed by atoms with van der Waals surface area (Å²) in [6, 6.07) is 8.08. The van der Waals surface area contributed by atoms with Gasteiger partial charge in [0.25, 0.3) is 0 Å². The predicted molar refractivity (Wildman–Crippen MR) is 87.7 cm³/mol. The number of ether oxygens (including phenoxy) is 1. The predicted octanol–water partition coefficient (Wildman–Crippen LogP) is 3.20. The first-order chi connectivity index (χ1) is 13.1. The Balaban J connectivity index is 2.40. The Labute approximate surface area is 156 Å². The summed E-state index contributed by atoms with van der Waals surface area (Å²) >= 11 is 0. The van der Waals surface area contributed by atoms with Gasteiger partial charge in [0.1, 0.15) is 17.5 Å². The van der Waals surface area contributed by atoms with Crippen LogP contribution < -0.4 is 4.74 Å². The van der Waals surface area contributed by atoms with Gasteiger partial charge in [-0.3, -0.25) is 9.59 Å². The summed E-state index contributed by atoms with van der Waals surface area (Å²) < 4.78 is 41.6. The minimum atomic E-state index is -4.91. The molecular weight excluding hydrogens is 381 g/mol. The zero-order valence-corrected chi connectivity index (χ0v) is 14.2. The normalized spacial score (nSPS) is 10.9. The highest BCUT2D eigenvalue weighted by atomic mass is 19.4. The molecule has 146 valence electrons. The summed E-state index contributed by atoms with van der Waals surface area (Å²) in [5, 5.41) is 27.8. The van der Waals surface area contributed by atoms with Gasteiger partial charge < -0.3 is 14.9 Å². The zero-order chi connectivity index (χ0) is 20.9. The van der Waals surface area contributed by atoms with Crippen LogP contribution in [0.1, 0.15) is 40.2 Å². The number of hydrogen-bond acceptors (Lipinski definition) is 6. The lowest BCUT2D eigenvalue weighted by Crippen LogP contribution is -2.18. The molecular formula is C18H13F3N2O5. The minimum absolute atomic E-state index is 0.0336. The average molecular weight is 394 g/mol. The van der Waals surface area contributed by atoms with Crippen molar-refractivity contribution in [3.8, 4) is 17.6 Å². The first-order valence-electron chi connectivity index (χ1n) is 7.82. The number of carboxylic acids is 1. The number of nitrogens with zero attached hydrogens (tertiary/aromatic N) is 2. The van der Waals surface area contributed by atoms with Crippen molar-refractivity contribution in [3.63, 3.8) is 0 Å². The number of carboxylic acid groups (broad SMARTS) is 1. The molecule has 28 heavy (non-hydrogen) atoms. The molecule has 0 amide bonds. The van der Waals surface area contributed by atoms with Gasteiger partial charge >= 0.3 is 12.3 Å². The standard InChI is InChI=1S/C18H13F3N2O5/c19-18(20,21)28-14-4-2-1-3-10(14)7-12-8-11(9-22)17(27)16(23-12)13(24)5-6-15(25)26/h1-4,8,27H,5-7H2,(H,25,26). The molecule has 0 bridgehead atoms. The molecule has 2 N–H and O–H groups in total. The van der Waals surface area contributed by atoms with Gasteiger partial charge in [-0.15, -0.1) is 13.2 Å². The molecule has 0 unspecified atom stereocenters. The third kappa shape index (κ3) is 5.44. The van der Waals surface area contributed by atoms with Crippen LogP contribution in [0.4, 0.5) is 13.2 Å². The summed E-state index contributed by atoms with van der Waals surface area (Å²) in [5.41, 5.74) is -0.695. The molecule has 1 aromatic heterocycles. The third-order valence-corrected chi connectivity index (χ3v) is 3.57. The van der Waals surface area contributed by atoms with Gasteiger partial charge in [0, 0.05) is 24.1 Å². The van der Waals surface area contributed by atoms with E-state index >= 15 is 0 Å². The summed E-state index contributed by atoms with van der Waals surface area (Å²) in [6.07, 6.45) is -6.10. The Morgan fingerprint density at radius 2 is 1.89 bits per heavy atom. The topological polar surface area (TPSA) is 121 Å². The highest BCUT2D eigenvalue weighted by Gasteiger charge is 2.32. The Bertz CT molecular complexity index is 951. The summed E-state index contributed by atoms with van der Waals surface area (Å²) in [7, 11) is 0. The molecule has 7 nitrogen and oxygen atoms in total. The average Bonchev–Trinajstić information content (AvgIpc) is 2.61. The molecule has 0 radical (unpaired) electrons. The number of carbonyl (C=O) groups is 2. The van der Waals surface area contributed by atoms with Crippen molar-refractivity contribution in [1.29, 1.82) is 5.26 Å². The van der Waals surface area contributed by atoms with Crippen LogP contribution in [0.3, 0.4) is 0 Å². The van der Waals surface area contributed by atoms with Crippen LogP contribution in [-0.2, 0) is 11.2 Å². The Morgan fingerprint density at radius 1 is 1.21 bits per heavy atom. The quantitative estimate of drug-likeness (QED) is 0.692. The number of alkyl halides is 3. The molecule has 1 aromatic carbocycles. The molecule has 0 aliphatic heterocycles. The number of rotatable bonds is 7. The van der Waals surface area contributed by atoms with E-state index in [1.165, 1.54) is 18.2 Å². The molecule has 0 aliphatic carbocycles. The number of Topliss-reactive ketones (excluding diaryl/α,β-unsaturated/α-hetero) is 1. The SMILES string of the molecule is N#Cc1cc(Cc2ccccc2OC(F)(F)F)nc(C(=O)CCC(=O)O)c1O. The molecule has 0 saturated heterocycles. The fourth-order valence-corrected chi connectivity index (χ4v) is 2.37. The number of aromatic nitrogens is 1. The van der Waals surface area contributed by atoms with Gasteiger partial charge in [0.2, 0.25) is 0 Å². The van der Waals surface area contributed by atoms with E-state index in [1.54, 1.807) is 6.07 Å². The van der Waals surface area contributed by atoms with Crippen LogP contribution >= 0.6 is 0 Å². The van der Waals surface area contributed by atoms with E-state index < -0.39 is 48.1 Å². The first-order valence-corrected chi connectivity index (χ1v) is 7.82. The van der Waals surface area contributed by atoms with E-state index in [-0.39, 0.29) is 23.2 Å². The van der Waals surface area contributed by atoms with Crippen molar-refractivity contribution in [1.82, 2.24) is 4.98 Å². The Morgan fingerprint density at radius 3 is 2.50 bits per heavy atom. The van der Waals surface area contributed by atoms with Crippen LogP contribution in [0.2, 0.25) is 0 Å². The Hall–Kier alpha value is -3.61. The molecule has 0 fully saturated rings. The van der Waals surface area contributed by atoms with Gasteiger partial charge in [-0.1, -0.05) is 18.2 Å². The molecule has 10 heteroatoms. The number of carbonyl (C=O) groups excluding carboxylic acids is 1. The van der Waals surface area contributed by atoms with Gasteiger partial charge in [0.05, 0.1) is 12.0 Å². The van der Waals surface area contributed by atoms with Crippen molar-refractivity contribution in [2.75, 3.05) is 0 Å². The molecule has 0 aliphatic rings. The number of nitriles is 1. The van der Waals surface area contributed by atoms with Gasteiger partial charge in [-0.2, -0.15) is 5.26 Å². The number of para-hydroxylation sites is 1. The lowest BCUT2D eigenvalue weighted by molar-refractivity contribution is -0.274. The maximum Gasteiger partial charge on any atom is 0.573 e. The van der Waals surface area contributed by atoms with Crippen LogP contribution in [0.5, 0.6) is 11.5 Å². The van der Waals surface area contributed by atoms with E-state index in [4.69, 9.17) is 10.4 Å². The number of aliphatic carboxylic acids is 1. The van der Waals surface area contributed by atoms with Crippen molar-refractivity contribution in [2.45, 2.75) is 25.6 Å². The number of hydrogen-bond donors (Lipinski definition) is 2. The molecule has 0 spiro atoms. The molecule has 1 heterocycles. The van der Waals surface area contributed by atoms with E-state index in [0.717, 1.165) is 12.1 Å². The zero-order valence-electron chi connectivity index (χ0n) is 14.2. The largest absolute Gasteiger partial charge is 0.573 e. The number of ketones is 1. The summed E-state index contributed by atoms with van der Waals surface area (Å²) in [6.45, 7) is 0. The lowest BCUT2D eigenvalue weighted by atomic mass is 10.0. The van der Waals surface area contributed by atoms with Crippen molar-refractivity contribution in [2.24, 2.45) is 0 Å². The second-order valence-corrected chi connectivity index (χ2v) is 5.62. The van der Waals surface area contributed by atoms with Crippen LogP contribution in [-0.4, -0.2) is 33.3 Å². The molecule has 0 atom stereocenters. The molecule has 2 aromatic rings. The number of pyridine rings is 1. The maximum absolute atomic E-state index is 12.5. The second kappa shape index (κ2) is 8.39. The second-order valence-electron chi connectivity index (χ2n) is 5.62. The fourth-order valence-electron chi connectivity index (χ4n) is 2.37. The number of aromatic hydroxyl groups is 1. The molecule has 2 rings (SSSR count). The summed E-state index contributed by atoms with van der Waals surface area (Å²) in [4.78, 5) is 26.6. The van der Waals surface area contributed by atoms with Gasteiger partial charge in [-0.05, 0) is 12.1 Å². The highest BCUT2D eigenvalue weighted by molar-refractivity contribution is 5.98. The smallest absolute Gasteiger partial charge is 0.504 e. The van der Waals surface area contributed by atoms with Crippen molar-refractivity contribution in [3.05, 3.63) is 52.8 Å². The van der Waals surface area contributed by atoms with E-state index in [2.05, 4.69) is 9.72 Å². The highest BCUT2D eigenvalue weighted by Crippen LogP contribution is 2.29. The Kier molecular flexibility index (Phi) is 6.20. The lowest BCUT2D eigenvalue weighted by Gasteiger charge is -2.13. The maximum atomic E-state index is 12.5. The first kappa shape index (κ1) is 20.7.